The van der Waals surface area contributed by atoms with Gasteiger partial charge in [-0.25, -0.2) is 4.99 Å². The van der Waals surface area contributed by atoms with Gasteiger partial charge < -0.3 is 4.90 Å². The molecule has 3 heteroatoms. The Labute approximate surface area is 135 Å². The number of anilines is 1. The predicted molar refractivity (Wildman–Crippen MR) is 81.0 cm³/mol. The zero-order valence-corrected chi connectivity index (χ0v) is 15.2. The quantitative estimate of drug-likeness (QED) is 0.487. The Bertz CT molecular complexity index is 660. The van der Waals surface area contributed by atoms with Gasteiger partial charge in [0.15, 0.2) is 0 Å². The maximum atomic E-state index is 5.67. The second-order valence-corrected chi connectivity index (χ2v) is 4.75. The molecule has 0 N–H and O–H groups in total. The molecule has 0 atom stereocenters. The van der Waals surface area contributed by atoms with Crippen LogP contribution in [0.5, 0.6) is 0 Å². The first-order valence-electron chi connectivity index (χ1n) is 6.16. The van der Waals surface area contributed by atoms with E-state index in [9.17, 15) is 0 Å². The van der Waals surface area contributed by atoms with Crippen LogP contribution in [0, 0.1) is 32.3 Å². The topological polar surface area (TPSA) is 15.6 Å². The molecule has 1 aromatic carbocycles. The standard InChI is InChI=1S/C17H17N2.W/c1-7-16-13(4)14(5)18-15(6)19(16)17-9-8-11(2)10-12(17)3;/h1,9-10H,6H2,2-5H3;/q-1;. The molecule has 102 valence electrons. The third-order valence-corrected chi connectivity index (χ3v) is 3.33. The Morgan fingerprint density at radius 2 is 1.95 bits per heavy atom. The third-order valence-electron chi connectivity index (χ3n) is 3.33. The molecule has 0 radical (unpaired) electrons. The Hall–Kier alpha value is -1.58. The molecule has 0 aliphatic carbocycles. The molecular formula is C17H17N2W-. The number of terminal acetylenes is 1. The molecule has 0 spiro atoms. The van der Waals surface area contributed by atoms with Crippen LogP contribution in [0.1, 0.15) is 25.0 Å². The summed E-state index contributed by atoms with van der Waals surface area (Å²) in [5.41, 5.74) is 5.95. The van der Waals surface area contributed by atoms with Crippen molar-refractivity contribution in [3.63, 3.8) is 0 Å². The van der Waals surface area contributed by atoms with Crippen LogP contribution in [0.4, 0.5) is 5.69 Å². The summed E-state index contributed by atoms with van der Waals surface area (Å²) in [4.78, 5) is 6.39. The largest absolute Gasteiger partial charge is 0.343 e. The molecule has 2 rings (SSSR count). The molecular weight excluding hydrogens is 416 g/mol. The fourth-order valence-electron chi connectivity index (χ4n) is 2.21. The summed E-state index contributed by atoms with van der Waals surface area (Å²) in [5.74, 6) is 3.40. The van der Waals surface area contributed by atoms with Crippen LogP contribution < -0.4 is 4.90 Å². The van der Waals surface area contributed by atoms with Crippen molar-refractivity contribution in [2.75, 3.05) is 4.90 Å². The SMILES string of the molecule is C#CC1=C(C)C(C)=NC(=C)N1c1c[c-]c(C)cc1C.[W]. The average molecular weight is 433 g/mol. The summed E-state index contributed by atoms with van der Waals surface area (Å²) in [6.45, 7) is 12.0. The minimum absolute atomic E-state index is 0. The van der Waals surface area contributed by atoms with Gasteiger partial charge in [0.1, 0.15) is 5.82 Å². The van der Waals surface area contributed by atoms with E-state index in [0.717, 1.165) is 33.8 Å². The van der Waals surface area contributed by atoms with Gasteiger partial charge in [-0.1, -0.05) is 32.0 Å². The first-order chi connectivity index (χ1) is 8.95. The monoisotopic (exact) mass is 433 g/mol. The number of allylic oxidation sites excluding steroid dienone is 2. The van der Waals surface area contributed by atoms with E-state index < -0.39 is 0 Å². The van der Waals surface area contributed by atoms with Crippen LogP contribution in [-0.4, -0.2) is 5.71 Å². The Kier molecular flexibility index (Phi) is 5.14. The fraction of sp³-hybridized carbons (Fsp3) is 0.235. The van der Waals surface area contributed by atoms with Crippen LogP contribution in [-0.2, 0) is 21.1 Å². The van der Waals surface area contributed by atoms with Gasteiger partial charge in [-0.05, 0) is 13.8 Å². The number of aliphatic imine (C=N–C) groups is 1. The van der Waals surface area contributed by atoms with Gasteiger partial charge in [-0.15, -0.1) is 12.0 Å². The van der Waals surface area contributed by atoms with E-state index in [0.29, 0.717) is 5.82 Å². The van der Waals surface area contributed by atoms with Gasteiger partial charge in [0.2, 0.25) is 0 Å². The molecule has 2 nitrogen and oxygen atoms in total. The number of nitrogens with zero attached hydrogens (tertiary/aromatic N) is 2. The van der Waals surface area contributed by atoms with Crippen LogP contribution in [0.2, 0.25) is 0 Å². The number of rotatable bonds is 1. The summed E-state index contributed by atoms with van der Waals surface area (Å²) >= 11 is 0. The van der Waals surface area contributed by atoms with Gasteiger partial charge in [0.25, 0.3) is 0 Å². The average Bonchev–Trinajstić information content (AvgIpc) is 2.34. The number of hydrogen-bond donors (Lipinski definition) is 0. The van der Waals surface area contributed by atoms with Crippen LogP contribution in [0.3, 0.4) is 0 Å². The summed E-state index contributed by atoms with van der Waals surface area (Å²) in [6, 6.07) is 7.23. The van der Waals surface area contributed by atoms with Crippen molar-refractivity contribution >= 4 is 11.4 Å². The summed E-state index contributed by atoms with van der Waals surface area (Å²) < 4.78 is 0. The van der Waals surface area contributed by atoms with Crippen molar-refractivity contribution in [1.29, 1.82) is 0 Å². The Balaban J connectivity index is 0.00000200. The molecule has 0 amide bonds. The van der Waals surface area contributed by atoms with Gasteiger partial charge in [-0.3, -0.25) is 0 Å². The van der Waals surface area contributed by atoms with Crippen molar-refractivity contribution in [3.05, 3.63) is 53.0 Å². The van der Waals surface area contributed by atoms with Crippen molar-refractivity contribution < 1.29 is 21.1 Å². The van der Waals surface area contributed by atoms with Crippen molar-refractivity contribution in [2.45, 2.75) is 27.7 Å². The predicted octanol–water partition coefficient (Wildman–Crippen LogP) is 3.76. The summed E-state index contributed by atoms with van der Waals surface area (Å²) in [5, 5.41) is 0. The van der Waals surface area contributed by atoms with E-state index in [2.05, 4.69) is 36.5 Å². The first-order valence-corrected chi connectivity index (χ1v) is 6.16. The normalized spacial score (nSPS) is 14.7. The van der Waals surface area contributed by atoms with Gasteiger partial charge in [0.05, 0.1) is 5.70 Å². The Morgan fingerprint density at radius 3 is 2.50 bits per heavy atom. The van der Waals surface area contributed by atoms with E-state index in [1.165, 1.54) is 0 Å². The van der Waals surface area contributed by atoms with Crippen LogP contribution >= 0.6 is 0 Å². The maximum Gasteiger partial charge on any atom is 0.119 e. The Morgan fingerprint density at radius 1 is 1.30 bits per heavy atom. The molecule has 0 saturated carbocycles. The molecule has 0 aromatic heterocycles. The fourth-order valence-corrected chi connectivity index (χ4v) is 2.21. The van der Waals surface area contributed by atoms with E-state index in [4.69, 9.17) is 6.42 Å². The van der Waals surface area contributed by atoms with Crippen molar-refractivity contribution in [2.24, 2.45) is 4.99 Å². The smallest absolute Gasteiger partial charge is 0.119 e. The first kappa shape index (κ1) is 16.5. The molecule has 1 aliphatic rings. The molecule has 0 bridgehead atoms. The number of hydrogen-bond acceptors (Lipinski definition) is 2. The van der Waals surface area contributed by atoms with Crippen molar-refractivity contribution in [3.8, 4) is 12.3 Å². The zero-order valence-electron chi connectivity index (χ0n) is 12.2. The minimum Gasteiger partial charge on any atom is -0.343 e. The minimum atomic E-state index is 0. The van der Waals surface area contributed by atoms with E-state index in [1.54, 1.807) is 0 Å². The van der Waals surface area contributed by atoms with E-state index >= 15 is 0 Å². The number of benzene rings is 1. The van der Waals surface area contributed by atoms with Crippen LogP contribution in [0.15, 0.2) is 40.8 Å². The van der Waals surface area contributed by atoms with Crippen molar-refractivity contribution in [1.82, 2.24) is 0 Å². The maximum absolute atomic E-state index is 5.67. The van der Waals surface area contributed by atoms with Gasteiger partial charge >= 0.3 is 0 Å². The third kappa shape index (κ3) is 2.79. The zero-order chi connectivity index (χ0) is 14.2. The molecule has 0 fully saturated rings. The molecule has 0 saturated heterocycles. The van der Waals surface area contributed by atoms with E-state index in [1.807, 2.05) is 31.7 Å². The second kappa shape index (κ2) is 6.25. The molecule has 0 unspecified atom stereocenters. The molecule has 1 heterocycles. The molecule has 1 aromatic rings. The van der Waals surface area contributed by atoms with Gasteiger partial charge in [-0.2, -0.15) is 23.8 Å². The molecule has 20 heavy (non-hydrogen) atoms. The van der Waals surface area contributed by atoms with Gasteiger partial charge in [0, 0.05) is 32.4 Å². The molecule has 1 aliphatic heterocycles. The summed E-state index contributed by atoms with van der Waals surface area (Å²) in [6.07, 6.45) is 5.67. The van der Waals surface area contributed by atoms with E-state index in [-0.39, 0.29) is 21.1 Å². The number of aryl methyl sites for hydroxylation is 2. The van der Waals surface area contributed by atoms with Crippen LogP contribution in [0.25, 0.3) is 0 Å². The second-order valence-electron chi connectivity index (χ2n) is 4.75. The summed E-state index contributed by atoms with van der Waals surface area (Å²) in [7, 11) is 0.